The van der Waals surface area contributed by atoms with Gasteiger partial charge in [-0.3, -0.25) is 4.79 Å². The highest BCUT2D eigenvalue weighted by Gasteiger charge is 2.24. The summed E-state index contributed by atoms with van der Waals surface area (Å²) in [6.45, 7) is 3.42. The lowest BCUT2D eigenvalue weighted by molar-refractivity contribution is -0.140. The first-order chi connectivity index (χ1) is 8.31. The van der Waals surface area contributed by atoms with Crippen molar-refractivity contribution in [1.29, 1.82) is 0 Å². The van der Waals surface area contributed by atoms with E-state index in [1.165, 1.54) is 18.2 Å². The Morgan fingerprint density at radius 2 is 1.67 bits per heavy atom. The standard InChI is InChI=1S/C12H13Cl2NO3/c1-6(2)10(12(17)18)15-11(16)7-3-8(13)5-9(14)4-7/h3-6,10H,1-2H3,(H,15,16)(H,17,18)/t10-/m1/s1. The van der Waals surface area contributed by atoms with E-state index in [4.69, 9.17) is 28.3 Å². The summed E-state index contributed by atoms with van der Waals surface area (Å²) in [5.41, 5.74) is 0.236. The molecule has 18 heavy (non-hydrogen) atoms. The highest BCUT2D eigenvalue weighted by molar-refractivity contribution is 6.35. The lowest BCUT2D eigenvalue weighted by Crippen LogP contribution is -2.44. The maximum atomic E-state index is 11.9. The average molecular weight is 290 g/mol. The van der Waals surface area contributed by atoms with Gasteiger partial charge in [0.05, 0.1) is 0 Å². The van der Waals surface area contributed by atoms with Gasteiger partial charge < -0.3 is 10.4 Å². The Balaban J connectivity index is 2.90. The molecule has 0 aliphatic heterocycles. The lowest BCUT2D eigenvalue weighted by Gasteiger charge is -2.18. The first kappa shape index (κ1) is 14.8. The molecule has 1 aromatic carbocycles. The van der Waals surface area contributed by atoms with Gasteiger partial charge in [-0.2, -0.15) is 0 Å². The Morgan fingerprint density at radius 3 is 2.06 bits per heavy atom. The molecule has 0 saturated heterocycles. The van der Waals surface area contributed by atoms with E-state index in [2.05, 4.69) is 5.32 Å². The number of carboxylic acids is 1. The fourth-order valence-electron chi connectivity index (χ4n) is 1.42. The Kier molecular flexibility index (Phi) is 4.99. The van der Waals surface area contributed by atoms with Crippen LogP contribution >= 0.6 is 23.2 Å². The normalized spacial score (nSPS) is 12.3. The molecule has 0 spiro atoms. The molecule has 0 saturated carbocycles. The fourth-order valence-corrected chi connectivity index (χ4v) is 1.95. The largest absolute Gasteiger partial charge is 0.480 e. The fraction of sp³-hybridized carbons (Fsp3) is 0.333. The highest BCUT2D eigenvalue weighted by Crippen LogP contribution is 2.19. The summed E-state index contributed by atoms with van der Waals surface area (Å²) < 4.78 is 0. The van der Waals surface area contributed by atoms with E-state index in [9.17, 15) is 9.59 Å². The number of benzene rings is 1. The summed E-state index contributed by atoms with van der Waals surface area (Å²) in [7, 11) is 0. The van der Waals surface area contributed by atoms with Crippen molar-refractivity contribution in [2.45, 2.75) is 19.9 Å². The Labute approximate surface area is 115 Å². The number of amides is 1. The number of rotatable bonds is 4. The van der Waals surface area contributed by atoms with E-state index in [1.54, 1.807) is 13.8 Å². The second-order valence-corrected chi connectivity index (χ2v) is 5.06. The van der Waals surface area contributed by atoms with Crippen LogP contribution in [0.3, 0.4) is 0 Å². The highest BCUT2D eigenvalue weighted by atomic mass is 35.5. The third-order valence-corrected chi connectivity index (χ3v) is 2.78. The van der Waals surface area contributed by atoms with Crippen LogP contribution in [0.1, 0.15) is 24.2 Å². The summed E-state index contributed by atoms with van der Waals surface area (Å²) >= 11 is 11.6. The molecule has 0 fully saturated rings. The molecule has 0 radical (unpaired) electrons. The number of aliphatic carboxylic acids is 1. The quantitative estimate of drug-likeness (QED) is 0.896. The van der Waals surface area contributed by atoms with Gasteiger partial charge in [0.25, 0.3) is 5.91 Å². The molecule has 0 bridgehead atoms. The Morgan fingerprint density at radius 1 is 1.17 bits per heavy atom. The molecule has 4 nitrogen and oxygen atoms in total. The van der Waals surface area contributed by atoms with Gasteiger partial charge in [0.2, 0.25) is 0 Å². The van der Waals surface area contributed by atoms with Gasteiger partial charge in [-0.15, -0.1) is 0 Å². The van der Waals surface area contributed by atoms with Crippen molar-refractivity contribution in [3.63, 3.8) is 0 Å². The predicted molar refractivity (Wildman–Crippen MR) is 70.2 cm³/mol. The number of hydrogen-bond acceptors (Lipinski definition) is 2. The van der Waals surface area contributed by atoms with Crippen molar-refractivity contribution >= 4 is 35.1 Å². The Hall–Kier alpha value is -1.26. The van der Waals surface area contributed by atoms with Gasteiger partial charge in [-0.05, 0) is 24.1 Å². The van der Waals surface area contributed by atoms with Gasteiger partial charge in [0.1, 0.15) is 6.04 Å². The molecule has 6 heteroatoms. The number of hydrogen-bond donors (Lipinski definition) is 2. The van der Waals surface area contributed by atoms with Crippen LogP contribution in [0.5, 0.6) is 0 Å². The SMILES string of the molecule is CC(C)[C@@H](NC(=O)c1cc(Cl)cc(Cl)c1)C(=O)O. The third-order valence-electron chi connectivity index (χ3n) is 2.34. The Bertz CT molecular complexity index is 454. The molecule has 1 atom stereocenters. The molecular formula is C12H13Cl2NO3. The van der Waals surface area contributed by atoms with Crippen molar-refractivity contribution in [3.05, 3.63) is 33.8 Å². The number of nitrogens with one attached hydrogen (secondary N) is 1. The van der Waals surface area contributed by atoms with E-state index in [0.717, 1.165) is 0 Å². The van der Waals surface area contributed by atoms with Gasteiger partial charge in [0, 0.05) is 15.6 Å². The minimum Gasteiger partial charge on any atom is -0.480 e. The van der Waals surface area contributed by atoms with Crippen LogP contribution in [0.2, 0.25) is 10.0 Å². The first-order valence-electron chi connectivity index (χ1n) is 5.31. The maximum absolute atomic E-state index is 11.9. The van der Waals surface area contributed by atoms with Crippen LogP contribution in [-0.4, -0.2) is 23.0 Å². The monoisotopic (exact) mass is 289 g/mol. The van der Waals surface area contributed by atoms with Crippen LogP contribution in [0.4, 0.5) is 0 Å². The maximum Gasteiger partial charge on any atom is 0.326 e. The van der Waals surface area contributed by atoms with E-state index >= 15 is 0 Å². The summed E-state index contributed by atoms with van der Waals surface area (Å²) in [6.07, 6.45) is 0. The van der Waals surface area contributed by atoms with Gasteiger partial charge in [-0.25, -0.2) is 4.79 Å². The van der Waals surface area contributed by atoms with E-state index in [0.29, 0.717) is 10.0 Å². The molecule has 1 rings (SSSR count). The second kappa shape index (κ2) is 6.07. The average Bonchev–Trinajstić information content (AvgIpc) is 2.23. The predicted octanol–water partition coefficient (Wildman–Crippen LogP) is 2.83. The molecule has 1 amide bonds. The molecule has 2 N–H and O–H groups in total. The van der Waals surface area contributed by atoms with Gasteiger partial charge >= 0.3 is 5.97 Å². The molecule has 0 aliphatic rings. The van der Waals surface area contributed by atoms with Crippen LogP contribution in [0, 0.1) is 5.92 Å². The van der Waals surface area contributed by atoms with Crippen LogP contribution < -0.4 is 5.32 Å². The van der Waals surface area contributed by atoms with E-state index in [-0.39, 0.29) is 11.5 Å². The van der Waals surface area contributed by atoms with Gasteiger partial charge in [-0.1, -0.05) is 37.0 Å². The van der Waals surface area contributed by atoms with E-state index in [1.807, 2.05) is 0 Å². The van der Waals surface area contributed by atoms with E-state index < -0.39 is 17.9 Å². The molecular weight excluding hydrogens is 277 g/mol. The van der Waals surface area contributed by atoms with Gasteiger partial charge in [0.15, 0.2) is 0 Å². The zero-order valence-electron chi connectivity index (χ0n) is 9.91. The van der Waals surface area contributed by atoms with Crippen LogP contribution in [-0.2, 0) is 4.79 Å². The first-order valence-corrected chi connectivity index (χ1v) is 6.06. The number of carbonyl (C=O) groups excluding carboxylic acids is 1. The molecule has 1 aromatic rings. The zero-order valence-corrected chi connectivity index (χ0v) is 11.4. The summed E-state index contributed by atoms with van der Waals surface area (Å²) in [5, 5.41) is 12.1. The summed E-state index contributed by atoms with van der Waals surface area (Å²) in [6, 6.07) is 3.41. The molecule has 0 unspecified atom stereocenters. The zero-order chi connectivity index (χ0) is 13.9. The minimum atomic E-state index is -1.08. The summed E-state index contributed by atoms with van der Waals surface area (Å²) in [4.78, 5) is 22.9. The third kappa shape index (κ3) is 3.89. The van der Waals surface area contributed by atoms with Crippen molar-refractivity contribution < 1.29 is 14.7 Å². The molecule has 0 aliphatic carbocycles. The smallest absolute Gasteiger partial charge is 0.326 e. The van der Waals surface area contributed by atoms with Crippen molar-refractivity contribution in [2.75, 3.05) is 0 Å². The number of carbonyl (C=O) groups is 2. The number of halogens is 2. The molecule has 0 aromatic heterocycles. The lowest BCUT2D eigenvalue weighted by atomic mass is 10.0. The minimum absolute atomic E-state index is 0.221. The second-order valence-electron chi connectivity index (χ2n) is 4.19. The molecule has 98 valence electrons. The summed E-state index contributed by atoms with van der Waals surface area (Å²) in [5.74, 6) is -1.81. The number of carboxylic acid groups (broad SMARTS) is 1. The van der Waals surface area contributed by atoms with Crippen molar-refractivity contribution in [3.8, 4) is 0 Å². The molecule has 0 heterocycles. The van der Waals surface area contributed by atoms with Crippen molar-refractivity contribution in [2.24, 2.45) is 5.92 Å². The van der Waals surface area contributed by atoms with Crippen molar-refractivity contribution in [1.82, 2.24) is 5.32 Å². The van der Waals surface area contributed by atoms with Crippen LogP contribution in [0.15, 0.2) is 18.2 Å². The van der Waals surface area contributed by atoms with Crippen LogP contribution in [0.25, 0.3) is 0 Å². The topological polar surface area (TPSA) is 66.4 Å².